The van der Waals surface area contributed by atoms with Crippen LogP contribution in [0.5, 0.6) is 5.75 Å². The van der Waals surface area contributed by atoms with Crippen LogP contribution in [0.1, 0.15) is 13.8 Å². The van der Waals surface area contributed by atoms with Crippen molar-refractivity contribution in [2.24, 2.45) is 0 Å². The number of hydrogen-bond acceptors (Lipinski definition) is 7. The number of nitro benzene ring substituents is 1. The van der Waals surface area contributed by atoms with Crippen LogP contribution in [0.2, 0.25) is 0 Å². The molecule has 1 aliphatic rings. The van der Waals surface area contributed by atoms with Gasteiger partial charge in [0.1, 0.15) is 5.69 Å². The average Bonchev–Trinajstić information content (AvgIpc) is 2.53. The number of rotatable bonds is 7. The first-order chi connectivity index (χ1) is 11.7. The minimum Gasteiger partial charge on any atom is -0.490 e. The van der Waals surface area contributed by atoms with Crippen LogP contribution in [0.25, 0.3) is 0 Å². The molecule has 0 aromatic heterocycles. The first-order valence-corrected chi connectivity index (χ1v) is 9.54. The second-order valence-electron chi connectivity index (χ2n) is 5.93. The molecule has 2 atom stereocenters. The summed E-state index contributed by atoms with van der Waals surface area (Å²) in [5.74, 6) is -0.0467. The van der Waals surface area contributed by atoms with Crippen molar-refractivity contribution in [3.8, 4) is 5.75 Å². The van der Waals surface area contributed by atoms with Gasteiger partial charge in [-0.05, 0) is 26.0 Å². The highest BCUT2D eigenvalue weighted by Gasteiger charge is 2.30. The van der Waals surface area contributed by atoms with Crippen LogP contribution in [-0.4, -0.2) is 62.4 Å². The zero-order valence-corrected chi connectivity index (χ0v) is 15.3. The third-order valence-corrected chi connectivity index (χ3v) is 5.66. The molecule has 0 saturated carbocycles. The van der Waals surface area contributed by atoms with Crippen LogP contribution in [-0.2, 0) is 14.8 Å². The number of morpholine rings is 1. The maximum atomic E-state index is 12.5. The fourth-order valence-electron chi connectivity index (χ4n) is 2.82. The Morgan fingerprint density at radius 3 is 2.56 bits per heavy atom. The molecular formula is C15H23N3O6S. The lowest BCUT2D eigenvalue weighted by Gasteiger charge is -2.34. The SMILES string of the molecule is COc1cccc(NCCS(=O)(=O)N2CC(C)OC(C)C2)c1[N+](=O)[O-]. The monoisotopic (exact) mass is 373 g/mol. The van der Waals surface area contributed by atoms with Crippen molar-refractivity contribution in [1.29, 1.82) is 0 Å². The van der Waals surface area contributed by atoms with Crippen LogP contribution < -0.4 is 10.1 Å². The number of sulfonamides is 1. The van der Waals surface area contributed by atoms with E-state index < -0.39 is 14.9 Å². The summed E-state index contributed by atoms with van der Waals surface area (Å²) in [7, 11) is -2.13. The highest BCUT2D eigenvalue weighted by atomic mass is 32.2. The zero-order chi connectivity index (χ0) is 18.6. The number of hydrogen-bond donors (Lipinski definition) is 1. The standard InChI is InChI=1S/C15H23N3O6S/c1-11-9-17(10-12(2)24-11)25(21,22)8-7-16-13-5-4-6-14(23-3)15(13)18(19)20/h4-6,11-12,16H,7-10H2,1-3H3. The lowest BCUT2D eigenvalue weighted by molar-refractivity contribution is -0.384. The van der Waals surface area contributed by atoms with E-state index >= 15 is 0 Å². The summed E-state index contributed by atoms with van der Waals surface area (Å²) in [6.45, 7) is 4.33. The first kappa shape index (κ1) is 19.4. The maximum Gasteiger partial charge on any atom is 0.333 e. The van der Waals surface area contributed by atoms with Gasteiger partial charge in [0.2, 0.25) is 10.0 Å². The van der Waals surface area contributed by atoms with Crippen molar-refractivity contribution in [3.05, 3.63) is 28.3 Å². The molecule has 10 heteroatoms. The normalized spacial score (nSPS) is 21.7. The van der Waals surface area contributed by atoms with E-state index in [0.29, 0.717) is 13.1 Å². The van der Waals surface area contributed by atoms with E-state index in [4.69, 9.17) is 9.47 Å². The molecule has 1 saturated heterocycles. The van der Waals surface area contributed by atoms with E-state index in [2.05, 4.69) is 5.32 Å². The van der Waals surface area contributed by atoms with Gasteiger partial charge in [0, 0.05) is 19.6 Å². The van der Waals surface area contributed by atoms with Gasteiger partial charge < -0.3 is 14.8 Å². The summed E-state index contributed by atoms with van der Waals surface area (Å²) in [5.41, 5.74) is 0.0132. The lowest BCUT2D eigenvalue weighted by atomic mass is 10.2. The number of ether oxygens (including phenoxy) is 2. The van der Waals surface area contributed by atoms with Crippen LogP contribution in [0.3, 0.4) is 0 Å². The Hall–Kier alpha value is -1.91. The molecule has 2 unspecified atom stereocenters. The van der Waals surface area contributed by atoms with Crippen molar-refractivity contribution in [2.45, 2.75) is 26.1 Å². The van der Waals surface area contributed by atoms with Crippen LogP contribution in [0.4, 0.5) is 11.4 Å². The molecular weight excluding hydrogens is 350 g/mol. The highest BCUT2D eigenvalue weighted by Crippen LogP contribution is 2.34. The Balaban J connectivity index is 2.04. The molecule has 140 valence electrons. The molecule has 2 rings (SSSR count). The van der Waals surface area contributed by atoms with Gasteiger partial charge in [-0.3, -0.25) is 10.1 Å². The number of nitro groups is 1. The fourth-order valence-corrected chi connectivity index (χ4v) is 4.31. The van der Waals surface area contributed by atoms with Gasteiger partial charge in [0.15, 0.2) is 5.75 Å². The largest absolute Gasteiger partial charge is 0.490 e. The second-order valence-corrected chi connectivity index (χ2v) is 8.02. The van der Waals surface area contributed by atoms with Crippen molar-refractivity contribution in [1.82, 2.24) is 4.31 Å². The molecule has 9 nitrogen and oxygen atoms in total. The van der Waals surface area contributed by atoms with E-state index in [1.165, 1.54) is 23.5 Å². The maximum absolute atomic E-state index is 12.5. The zero-order valence-electron chi connectivity index (χ0n) is 14.5. The number of methoxy groups -OCH3 is 1. The van der Waals surface area contributed by atoms with E-state index in [1.807, 2.05) is 13.8 Å². The summed E-state index contributed by atoms with van der Waals surface area (Å²) in [6.07, 6.45) is -0.322. The van der Waals surface area contributed by atoms with E-state index in [-0.39, 0.29) is 41.6 Å². The van der Waals surface area contributed by atoms with Gasteiger partial charge in [-0.1, -0.05) is 6.07 Å². The topological polar surface area (TPSA) is 111 Å². The van der Waals surface area contributed by atoms with E-state index in [0.717, 1.165) is 0 Å². The van der Waals surface area contributed by atoms with Crippen molar-refractivity contribution < 1.29 is 22.8 Å². The Morgan fingerprint density at radius 2 is 2.00 bits per heavy atom. The summed E-state index contributed by atoms with van der Waals surface area (Å²) in [6, 6.07) is 4.61. The molecule has 1 aliphatic heterocycles. The number of nitrogens with zero attached hydrogens (tertiary/aromatic N) is 2. The summed E-state index contributed by atoms with van der Waals surface area (Å²) < 4.78 is 36.9. The van der Waals surface area contributed by atoms with Gasteiger partial charge in [-0.15, -0.1) is 0 Å². The number of nitrogens with one attached hydrogen (secondary N) is 1. The third kappa shape index (κ3) is 4.80. The summed E-state index contributed by atoms with van der Waals surface area (Å²) in [5, 5.41) is 14.1. The predicted octanol–water partition coefficient (Wildman–Crippen LogP) is 1.45. The van der Waals surface area contributed by atoms with E-state index in [1.54, 1.807) is 6.07 Å². The van der Waals surface area contributed by atoms with Gasteiger partial charge in [-0.25, -0.2) is 8.42 Å². The van der Waals surface area contributed by atoms with Gasteiger partial charge in [0.25, 0.3) is 0 Å². The molecule has 1 N–H and O–H groups in total. The molecule has 25 heavy (non-hydrogen) atoms. The Labute approximate surface area is 147 Å². The molecule has 0 bridgehead atoms. The minimum absolute atomic E-state index is 0.0520. The quantitative estimate of drug-likeness (QED) is 0.569. The number of benzene rings is 1. The van der Waals surface area contributed by atoms with Crippen molar-refractivity contribution in [2.75, 3.05) is 37.8 Å². The summed E-state index contributed by atoms with van der Waals surface area (Å²) >= 11 is 0. The minimum atomic E-state index is -3.48. The predicted molar refractivity (Wildman–Crippen MR) is 93.5 cm³/mol. The Kier molecular flexibility index (Phi) is 6.20. The van der Waals surface area contributed by atoms with Gasteiger partial charge in [0.05, 0.1) is 30.0 Å². The smallest absolute Gasteiger partial charge is 0.333 e. The fraction of sp³-hybridized carbons (Fsp3) is 0.600. The van der Waals surface area contributed by atoms with Crippen molar-refractivity contribution >= 4 is 21.4 Å². The highest BCUT2D eigenvalue weighted by molar-refractivity contribution is 7.89. The lowest BCUT2D eigenvalue weighted by Crippen LogP contribution is -2.49. The molecule has 0 spiro atoms. The van der Waals surface area contributed by atoms with E-state index in [9.17, 15) is 18.5 Å². The molecule has 0 radical (unpaired) electrons. The molecule has 0 aliphatic carbocycles. The van der Waals surface area contributed by atoms with Crippen LogP contribution in [0.15, 0.2) is 18.2 Å². The second kappa shape index (κ2) is 7.98. The third-order valence-electron chi connectivity index (χ3n) is 3.86. The Morgan fingerprint density at radius 1 is 1.36 bits per heavy atom. The van der Waals surface area contributed by atoms with Gasteiger partial charge >= 0.3 is 5.69 Å². The molecule has 1 aromatic carbocycles. The van der Waals surface area contributed by atoms with Crippen molar-refractivity contribution in [3.63, 3.8) is 0 Å². The number of anilines is 1. The van der Waals surface area contributed by atoms with Gasteiger partial charge in [-0.2, -0.15) is 4.31 Å². The molecule has 1 aromatic rings. The molecule has 1 fully saturated rings. The first-order valence-electron chi connectivity index (χ1n) is 7.93. The van der Waals surface area contributed by atoms with Crippen LogP contribution >= 0.6 is 0 Å². The Bertz CT molecular complexity index is 714. The summed E-state index contributed by atoms with van der Waals surface area (Å²) in [4.78, 5) is 10.7. The average molecular weight is 373 g/mol. The molecule has 0 amide bonds. The number of para-hydroxylation sites is 1. The molecule has 1 heterocycles. The van der Waals surface area contributed by atoms with Crippen LogP contribution in [0, 0.1) is 10.1 Å².